The van der Waals surface area contributed by atoms with Gasteiger partial charge in [-0.05, 0) is 49.4 Å². The standard InChI is InChI=1S/C22H32N2O3/c1-2-3-4-5-6-7-10-21(25)24-20-17-19(27-16-9-8-15-23)13-11-18(20)12-14-22(24)26/h11-14,17H,2-10,15-16,23H2,1H3. The van der Waals surface area contributed by atoms with Gasteiger partial charge < -0.3 is 10.5 Å². The molecule has 0 aliphatic heterocycles. The van der Waals surface area contributed by atoms with E-state index in [-0.39, 0.29) is 11.5 Å². The number of nitrogens with zero attached hydrogens (tertiary/aromatic N) is 1. The van der Waals surface area contributed by atoms with Crippen molar-refractivity contribution >= 4 is 16.8 Å². The number of carbonyl (C=O) groups is 1. The lowest BCUT2D eigenvalue weighted by Crippen LogP contribution is -2.26. The fourth-order valence-electron chi connectivity index (χ4n) is 3.16. The summed E-state index contributed by atoms with van der Waals surface area (Å²) in [5, 5.41) is 0.861. The predicted octanol–water partition coefficient (Wildman–Crippen LogP) is 4.51. The number of fused-ring (bicyclic) bond motifs is 1. The maximum absolute atomic E-state index is 12.7. The van der Waals surface area contributed by atoms with Crippen LogP contribution in [-0.4, -0.2) is 23.6 Å². The van der Waals surface area contributed by atoms with E-state index in [4.69, 9.17) is 10.5 Å². The Kier molecular flexibility index (Phi) is 9.05. The molecule has 0 spiro atoms. The van der Waals surface area contributed by atoms with Gasteiger partial charge in [0.05, 0.1) is 12.1 Å². The van der Waals surface area contributed by atoms with E-state index >= 15 is 0 Å². The lowest BCUT2D eigenvalue weighted by atomic mass is 10.1. The van der Waals surface area contributed by atoms with Crippen molar-refractivity contribution < 1.29 is 9.53 Å². The number of pyridine rings is 1. The average Bonchev–Trinajstić information content (AvgIpc) is 2.67. The zero-order valence-electron chi connectivity index (χ0n) is 16.4. The lowest BCUT2D eigenvalue weighted by Gasteiger charge is -2.11. The van der Waals surface area contributed by atoms with Crippen LogP contribution >= 0.6 is 0 Å². The van der Waals surface area contributed by atoms with Crippen LogP contribution in [0.5, 0.6) is 5.75 Å². The van der Waals surface area contributed by atoms with E-state index in [1.807, 2.05) is 12.1 Å². The Morgan fingerprint density at radius 3 is 2.52 bits per heavy atom. The van der Waals surface area contributed by atoms with Gasteiger partial charge in [0.25, 0.3) is 5.56 Å². The van der Waals surface area contributed by atoms with Crippen molar-refractivity contribution in [2.24, 2.45) is 5.73 Å². The molecule has 27 heavy (non-hydrogen) atoms. The summed E-state index contributed by atoms with van der Waals surface area (Å²) in [6.07, 6.45) is 8.85. The molecule has 5 heteroatoms. The summed E-state index contributed by atoms with van der Waals surface area (Å²) in [7, 11) is 0. The largest absolute Gasteiger partial charge is 0.494 e. The van der Waals surface area contributed by atoms with Gasteiger partial charge in [0.2, 0.25) is 5.91 Å². The highest BCUT2D eigenvalue weighted by atomic mass is 16.5. The number of hydrogen-bond donors (Lipinski definition) is 1. The topological polar surface area (TPSA) is 74.3 Å². The van der Waals surface area contributed by atoms with Gasteiger partial charge in [-0.2, -0.15) is 0 Å². The second-order valence-electron chi connectivity index (χ2n) is 6.98. The molecule has 0 fully saturated rings. The molecule has 0 bridgehead atoms. The van der Waals surface area contributed by atoms with Crippen molar-refractivity contribution in [3.63, 3.8) is 0 Å². The van der Waals surface area contributed by atoms with Crippen LogP contribution in [0.2, 0.25) is 0 Å². The van der Waals surface area contributed by atoms with Crippen LogP contribution in [0.25, 0.3) is 10.9 Å². The summed E-state index contributed by atoms with van der Waals surface area (Å²) in [5.74, 6) is 0.535. The summed E-state index contributed by atoms with van der Waals surface area (Å²) in [5.41, 5.74) is 5.84. The Morgan fingerprint density at radius 2 is 1.74 bits per heavy atom. The summed E-state index contributed by atoms with van der Waals surface area (Å²) in [6, 6.07) is 8.77. The quantitative estimate of drug-likeness (QED) is 0.556. The molecule has 1 aromatic heterocycles. The van der Waals surface area contributed by atoms with Gasteiger partial charge in [0.1, 0.15) is 5.75 Å². The molecule has 0 radical (unpaired) electrons. The first-order valence-electron chi connectivity index (χ1n) is 10.2. The zero-order chi connectivity index (χ0) is 19.5. The lowest BCUT2D eigenvalue weighted by molar-refractivity contribution is 0.0900. The van der Waals surface area contributed by atoms with Gasteiger partial charge in [-0.15, -0.1) is 0 Å². The number of aromatic nitrogens is 1. The minimum Gasteiger partial charge on any atom is -0.494 e. The molecule has 0 unspecified atom stereocenters. The Hall–Kier alpha value is -2.14. The van der Waals surface area contributed by atoms with Gasteiger partial charge in [-0.3, -0.25) is 9.59 Å². The van der Waals surface area contributed by atoms with E-state index in [2.05, 4.69) is 6.92 Å². The number of unbranched alkanes of at least 4 members (excludes halogenated alkanes) is 6. The van der Waals surface area contributed by atoms with E-state index in [0.29, 0.717) is 30.8 Å². The first-order valence-corrected chi connectivity index (χ1v) is 10.2. The highest BCUT2D eigenvalue weighted by Crippen LogP contribution is 2.20. The minimum atomic E-state index is -0.279. The van der Waals surface area contributed by atoms with E-state index in [1.165, 1.54) is 29.9 Å². The summed E-state index contributed by atoms with van der Waals surface area (Å²) >= 11 is 0. The second kappa shape index (κ2) is 11.5. The van der Waals surface area contributed by atoms with Crippen LogP contribution in [0, 0.1) is 0 Å². The van der Waals surface area contributed by atoms with Crippen LogP contribution in [0.1, 0.15) is 69.5 Å². The molecule has 0 atom stereocenters. The molecule has 148 valence electrons. The van der Waals surface area contributed by atoms with Crippen LogP contribution in [0.3, 0.4) is 0 Å². The molecule has 0 aliphatic carbocycles. The smallest absolute Gasteiger partial charge is 0.257 e. The van der Waals surface area contributed by atoms with Crippen LogP contribution in [-0.2, 0) is 0 Å². The fourth-order valence-corrected chi connectivity index (χ4v) is 3.16. The van der Waals surface area contributed by atoms with Crippen LogP contribution in [0.4, 0.5) is 0 Å². The Labute approximate surface area is 161 Å². The molecule has 0 amide bonds. The molecule has 5 nitrogen and oxygen atoms in total. The average molecular weight is 373 g/mol. The first-order chi connectivity index (χ1) is 13.2. The van der Waals surface area contributed by atoms with Crippen molar-refractivity contribution in [3.8, 4) is 5.75 Å². The zero-order valence-corrected chi connectivity index (χ0v) is 16.4. The summed E-state index contributed by atoms with van der Waals surface area (Å²) < 4.78 is 7.04. The van der Waals surface area contributed by atoms with Crippen LogP contribution in [0.15, 0.2) is 35.1 Å². The molecule has 0 aliphatic rings. The van der Waals surface area contributed by atoms with Crippen molar-refractivity contribution in [3.05, 3.63) is 40.7 Å². The summed E-state index contributed by atoms with van der Waals surface area (Å²) in [4.78, 5) is 25.0. The minimum absolute atomic E-state index is 0.138. The predicted molar refractivity (Wildman–Crippen MR) is 111 cm³/mol. The van der Waals surface area contributed by atoms with E-state index < -0.39 is 0 Å². The third-order valence-electron chi connectivity index (χ3n) is 4.73. The molecule has 2 rings (SSSR count). The first kappa shape index (κ1) is 21.2. The van der Waals surface area contributed by atoms with Crippen molar-refractivity contribution in [2.75, 3.05) is 13.2 Å². The number of rotatable bonds is 12. The number of hydrogen-bond acceptors (Lipinski definition) is 4. The summed E-state index contributed by atoms with van der Waals surface area (Å²) in [6.45, 7) is 3.41. The van der Waals surface area contributed by atoms with E-state index in [1.54, 1.807) is 12.1 Å². The van der Waals surface area contributed by atoms with Gasteiger partial charge in [0.15, 0.2) is 0 Å². The monoisotopic (exact) mass is 372 g/mol. The highest BCUT2D eigenvalue weighted by Gasteiger charge is 2.12. The highest BCUT2D eigenvalue weighted by molar-refractivity contribution is 5.91. The van der Waals surface area contributed by atoms with E-state index in [9.17, 15) is 9.59 Å². The van der Waals surface area contributed by atoms with Gasteiger partial charge in [-0.1, -0.05) is 39.0 Å². The normalized spacial score (nSPS) is 11.0. The van der Waals surface area contributed by atoms with Crippen molar-refractivity contribution in [1.82, 2.24) is 4.57 Å². The number of ether oxygens (including phenoxy) is 1. The SMILES string of the molecule is CCCCCCCCC(=O)n1c(=O)ccc2ccc(OCCCCN)cc21. The molecule has 0 saturated heterocycles. The third kappa shape index (κ3) is 6.51. The molecule has 2 aromatic rings. The Bertz CT molecular complexity index is 783. The number of benzene rings is 1. The van der Waals surface area contributed by atoms with Gasteiger partial charge >= 0.3 is 0 Å². The number of carbonyl (C=O) groups excluding carboxylic acids is 1. The maximum Gasteiger partial charge on any atom is 0.257 e. The third-order valence-corrected chi connectivity index (χ3v) is 4.73. The molecular formula is C22H32N2O3. The van der Waals surface area contributed by atoms with Crippen molar-refractivity contribution in [2.45, 2.75) is 64.7 Å². The van der Waals surface area contributed by atoms with Crippen molar-refractivity contribution in [1.29, 1.82) is 0 Å². The second-order valence-corrected chi connectivity index (χ2v) is 6.98. The van der Waals surface area contributed by atoms with Gasteiger partial charge in [0, 0.05) is 18.6 Å². The molecule has 1 aromatic carbocycles. The molecule has 1 heterocycles. The fraction of sp³-hybridized carbons (Fsp3) is 0.545. The maximum atomic E-state index is 12.7. The molecular weight excluding hydrogens is 340 g/mol. The molecule has 0 saturated carbocycles. The Morgan fingerprint density at radius 1 is 1.00 bits per heavy atom. The van der Waals surface area contributed by atoms with Crippen LogP contribution < -0.4 is 16.0 Å². The van der Waals surface area contributed by atoms with E-state index in [0.717, 1.165) is 37.5 Å². The molecule has 2 N–H and O–H groups in total. The number of nitrogens with two attached hydrogens (primary N) is 1. The van der Waals surface area contributed by atoms with Gasteiger partial charge in [-0.25, -0.2) is 4.57 Å². The Balaban J connectivity index is 2.08.